The topological polar surface area (TPSA) is 138 Å². The number of urea groups is 1. The minimum Gasteiger partial charge on any atom is -0.495 e. The zero-order valence-corrected chi connectivity index (χ0v) is 23.7. The van der Waals surface area contributed by atoms with Crippen molar-refractivity contribution in [2.75, 3.05) is 44.7 Å². The monoisotopic (exact) mass is 557 g/mol. The Labute approximate surface area is 234 Å². The van der Waals surface area contributed by atoms with Gasteiger partial charge < -0.3 is 24.6 Å². The highest BCUT2D eigenvalue weighted by molar-refractivity contribution is 6.07. The molecule has 12 nitrogen and oxygen atoms in total. The highest BCUT2D eigenvalue weighted by Crippen LogP contribution is 2.32. The number of hydrogen-bond acceptors (Lipinski definition) is 7. The van der Waals surface area contributed by atoms with Crippen molar-refractivity contribution in [1.29, 1.82) is 0 Å². The van der Waals surface area contributed by atoms with Crippen LogP contribution in [-0.4, -0.2) is 91.1 Å². The lowest BCUT2D eigenvalue weighted by atomic mass is 9.93. The van der Waals surface area contributed by atoms with Gasteiger partial charge in [-0.3, -0.25) is 24.6 Å². The fraction of sp³-hybridized carbons (Fsp3) is 0.607. The zero-order chi connectivity index (χ0) is 29.0. The predicted octanol–water partition coefficient (Wildman–Crippen LogP) is 2.51. The lowest BCUT2D eigenvalue weighted by Gasteiger charge is -2.37. The van der Waals surface area contributed by atoms with Gasteiger partial charge in [0.1, 0.15) is 11.4 Å². The third-order valence-corrected chi connectivity index (χ3v) is 7.43. The maximum atomic E-state index is 13.3. The van der Waals surface area contributed by atoms with Crippen LogP contribution in [0.25, 0.3) is 0 Å². The summed E-state index contributed by atoms with van der Waals surface area (Å²) in [5, 5.41) is 5.18. The molecular formula is C28H39N5O7. The van der Waals surface area contributed by atoms with Gasteiger partial charge in [0.25, 0.3) is 5.91 Å². The van der Waals surface area contributed by atoms with Crippen LogP contribution in [0.2, 0.25) is 0 Å². The van der Waals surface area contributed by atoms with E-state index in [1.165, 1.54) is 12.0 Å². The number of anilines is 1. The Balaban J connectivity index is 1.29. The second-order valence-electron chi connectivity index (χ2n) is 11.5. The van der Waals surface area contributed by atoms with Crippen LogP contribution in [0.15, 0.2) is 18.2 Å². The molecule has 0 aliphatic carbocycles. The van der Waals surface area contributed by atoms with E-state index in [9.17, 15) is 24.0 Å². The van der Waals surface area contributed by atoms with Gasteiger partial charge in [0.2, 0.25) is 11.8 Å². The number of methoxy groups -OCH3 is 1. The largest absolute Gasteiger partial charge is 0.495 e. The quantitative estimate of drug-likeness (QED) is 0.567. The van der Waals surface area contributed by atoms with Crippen molar-refractivity contribution in [3.05, 3.63) is 23.8 Å². The SMILES string of the molecule is COc1ccc(C(=O)N2CCC(C(=O)N3CCC(NC(=O)OC(C)(C)C)CC3)CC2)cc1N1CCC(=O)NC1=O. The lowest BCUT2D eigenvalue weighted by molar-refractivity contribution is -0.138. The molecule has 4 rings (SSSR count). The Morgan fingerprint density at radius 1 is 0.950 bits per heavy atom. The molecule has 0 atom stereocenters. The van der Waals surface area contributed by atoms with Crippen LogP contribution in [0.3, 0.4) is 0 Å². The molecule has 2 N–H and O–H groups in total. The van der Waals surface area contributed by atoms with E-state index < -0.39 is 17.7 Å². The van der Waals surface area contributed by atoms with Crippen LogP contribution in [-0.2, 0) is 14.3 Å². The van der Waals surface area contributed by atoms with Gasteiger partial charge in [-0.25, -0.2) is 9.59 Å². The van der Waals surface area contributed by atoms with Crippen LogP contribution >= 0.6 is 0 Å². The van der Waals surface area contributed by atoms with E-state index >= 15 is 0 Å². The number of imide groups is 1. The second-order valence-corrected chi connectivity index (χ2v) is 11.5. The molecule has 40 heavy (non-hydrogen) atoms. The molecule has 0 saturated carbocycles. The molecule has 1 aromatic rings. The third kappa shape index (κ3) is 7.02. The molecule has 1 aromatic carbocycles. The molecule has 3 heterocycles. The molecule has 6 amide bonds. The van der Waals surface area contributed by atoms with E-state index in [2.05, 4.69) is 10.6 Å². The Bertz CT molecular complexity index is 1150. The fourth-order valence-corrected chi connectivity index (χ4v) is 5.32. The van der Waals surface area contributed by atoms with Gasteiger partial charge in [0.15, 0.2) is 0 Å². The number of alkyl carbamates (subject to hydrolysis) is 1. The fourth-order valence-electron chi connectivity index (χ4n) is 5.32. The van der Waals surface area contributed by atoms with Gasteiger partial charge in [-0.2, -0.15) is 0 Å². The number of benzene rings is 1. The summed E-state index contributed by atoms with van der Waals surface area (Å²) in [6.07, 6.45) is 2.21. The van der Waals surface area contributed by atoms with Gasteiger partial charge in [0, 0.05) is 56.7 Å². The Hall–Kier alpha value is -3.83. The summed E-state index contributed by atoms with van der Waals surface area (Å²) < 4.78 is 10.7. The number of hydrogen-bond donors (Lipinski definition) is 2. The first kappa shape index (κ1) is 29.2. The number of carbonyl (C=O) groups is 5. The van der Waals surface area contributed by atoms with Crippen molar-refractivity contribution in [3.63, 3.8) is 0 Å². The summed E-state index contributed by atoms with van der Waals surface area (Å²) in [7, 11) is 1.48. The number of rotatable bonds is 5. The van der Waals surface area contributed by atoms with Crippen LogP contribution in [0.5, 0.6) is 5.75 Å². The minimum atomic E-state index is -0.557. The number of likely N-dealkylation sites (tertiary alicyclic amines) is 2. The normalized spacial score (nSPS) is 19.2. The van der Waals surface area contributed by atoms with Crippen LogP contribution < -0.4 is 20.3 Å². The molecule has 0 aromatic heterocycles. The van der Waals surface area contributed by atoms with Crippen molar-refractivity contribution in [3.8, 4) is 5.75 Å². The highest BCUT2D eigenvalue weighted by Gasteiger charge is 2.34. The molecule has 218 valence electrons. The first-order valence-electron chi connectivity index (χ1n) is 13.8. The minimum absolute atomic E-state index is 0.0238. The molecule has 0 spiro atoms. The van der Waals surface area contributed by atoms with Crippen molar-refractivity contribution < 1.29 is 33.4 Å². The second kappa shape index (κ2) is 12.1. The smallest absolute Gasteiger partial charge is 0.407 e. The summed E-state index contributed by atoms with van der Waals surface area (Å²) in [4.78, 5) is 67.5. The van der Waals surface area contributed by atoms with E-state index in [1.54, 1.807) is 23.1 Å². The number of ether oxygens (including phenoxy) is 2. The number of nitrogens with zero attached hydrogens (tertiary/aromatic N) is 3. The van der Waals surface area contributed by atoms with Crippen LogP contribution in [0, 0.1) is 5.92 Å². The molecule has 0 bridgehead atoms. The Morgan fingerprint density at radius 2 is 1.60 bits per heavy atom. The van der Waals surface area contributed by atoms with E-state index in [1.807, 2.05) is 25.7 Å². The standard InChI is InChI=1S/C28H39N5O7/c1-28(2,3)40-27(38)29-20-9-14-32(15-10-20)24(35)18-7-12-31(13-8-18)25(36)19-5-6-22(39-4)21(17-19)33-16-11-23(34)30-26(33)37/h5-6,17-18,20H,7-16H2,1-4H3,(H,29,38)(H,30,34,37). The van der Waals surface area contributed by atoms with Gasteiger partial charge in [-0.1, -0.05) is 0 Å². The molecule has 0 radical (unpaired) electrons. The number of amides is 6. The first-order valence-corrected chi connectivity index (χ1v) is 13.8. The summed E-state index contributed by atoms with van der Waals surface area (Å²) >= 11 is 0. The van der Waals surface area contributed by atoms with Gasteiger partial charge in [0.05, 0.1) is 12.8 Å². The molecular weight excluding hydrogens is 518 g/mol. The van der Waals surface area contributed by atoms with Crippen molar-refractivity contribution in [1.82, 2.24) is 20.4 Å². The molecule has 3 fully saturated rings. The lowest BCUT2D eigenvalue weighted by Crippen LogP contribution is -2.50. The predicted molar refractivity (Wildman–Crippen MR) is 146 cm³/mol. The van der Waals surface area contributed by atoms with Crippen molar-refractivity contribution >= 4 is 35.5 Å². The average Bonchev–Trinajstić information content (AvgIpc) is 2.91. The zero-order valence-electron chi connectivity index (χ0n) is 23.7. The van der Waals surface area contributed by atoms with Crippen LogP contribution in [0.1, 0.15) is 63.2 Å². The first-order chi connectivity index (χ1) is 18.9. The molecule has 3 aliphatic heterocycles. The molecule has 3 saturated heterocycles. The molecule has 3 aliphatic rings. The average molecular weight is 558 g/mol. The highest BCUT2D eigenvalue weighted by atomic mass is 16.6. The van der Waals surface area contributed by atoms with E-state index in [-0.39, 0.29) is 42.6 Å². The number of nitrogens with one attached hydrogen (secondary N) is 2. The van der Waals surface area contributed by atoms with Crippen LogP contribution in [0.4, 0.5) is 15.3 Å². The van der Waals surface area contributed by atoms with Crippen molar-refractivity contribution in [2.45, 2.75) is 64.5 Å². The summed E-state index contributed by atoms with van der Waals surface area (Å²) in [5.74, 6) is -0.153. The maximum absolute atomic E-state index is 13.3. The van der Waals surface area contributed by atoms with Gasteiger partial charge >= 0.3 is 12.1 Å². The van der Waals surface area contributed by atoms with E-state index in [4.69, 9.17) is 9.47 Å². The Kier molecular flexibility index (Phi) is 8.85. The number of piperidine rings is 2. The maximum Gasteiger partial charge on any atom is 0.407 e. The van der Waals surface area contributed by atoms with Gasteiger partial charge in [-0.05, 0) is 64.7 Å². The van der Waals surface area contributed by atoms with Gasteiger partial charge in [-0.15, -0.1) is 0 Å². The summed E-state index contributed by atoms with van der Waals surface area (Å²) in [5.41, 5.74) is 0.274. The summed E-state index contributed by atoms with van der Waals surface area (Å²) in [6.45, 7) is 7.70. The molecule has 12 heteroatoms. The molecule has 0 unspecified atom stereocenters. The summed E-state index contributed by atoms with van der Waals surface area (Å²) in [6, 6.07) is 4.34. The Morgan fingerprint density at radius 3 is 2.20 bits per heavy atom. The van der Waals surface area contributed by atoms with E-state index in [0.29, 0.717) is 68.9 Å². The number of carbonyl (C=O) groups excluding carboxylic acids is 5. The van der Waals surface area contributed by atoms with E-state index in [0.717, 1.165) is 0 Å². The third-order valence-electron chi connectivity index (χ3n) is 7.43. The van der Waals surface area contributed by atoms with Crippen molar-refractivity contribution in [2.24, 2.45) is 5.92 Å².